The molecule has 0 aliphatic heterocycles. The highest BCUT2D eigenvalue weighted by atomic mass is 16.3. The third kappa shape index (κ3) is 2.39. The van der Waals surface area contributed by atoms with Crippen LogP contribution >= 0.6 is 0 Å². The van der Waals surface area contributed by atoms with Gasteiger partial charge in [-0.25, -0.2) is 0 Å². The summed E-state index contributed by atoms with van der Waals surface area (Å²) in [7, 11) is 0. The molecule has 62 valence electrons. The molecule has 0 bridgehead atoms. The van der Waals surface area contributed by atoms with E-state index in [1.165, 1.54) is 0 Å². The van der Waals surface area contributed by atoms with Crippen molar-refractivity contribution >= 4 is 0 Å². The van der Waals surface area contributed by atoms with Crippen LogP contribution in [-0.2, 0) is 0 Å². The molecule has 0 saturated carbocycles. The third-order valence-electron chi connectivity index (χ3n) is 1.72. The van der Waals surface area contributed by atoms with E-state index < -0.39 is 0 Å². The van der Waals surface area contributed by atoms with E-state index in [1.807, 2.05) is 19.1 Å². The van der Waals surface area contributed by atoms with E-state index in [9.17, 15) is 0 Å². The zero-order chi connectivity index (χ0) is 8.27. The van der Waals surface area contributed by atoms with Crippen LogP contribution < -0.4 is 0 Å². The maximum Gasteiger partial charge on any atom is 0.106 e. The topological polar surface area (TPSA) is 33.4 Å². The normalized spacial score (nSPS) is 16.3. The molecule has 0 radical (unpaired) electrons. The van der Waals surface area contributed by atoms with Gasteiger partial charge in [-0.1, -0.05) is 6.92 Å². The first-order valence-corrected chi connectivity index (χ1v) is 3.91. The number of hydrogen-bond donors (Lipinski definition) is 1. The Hall–Kier alpha value is -0.760. The van der Waals surface area contributed by atoms with Crippen molar-refractivity contribution < 1.29 is 9.52 Å². The van der Waals surface area contributed by atoms with E-state index >= 15 is 0 Å². The summed E-state index contributed by atoms with van der Waals surface area (Å²) >= 11 is 0. The maximum absolute atomic E-state index is 9.08. The van der Waals surface area contributed by atoms with Crippen LogP contribution in [0.5, 0.6) is 0 Å². The predicted molar refractivity (Wildman–Crippen MR) is 43.4 cm³/mol. The molecule has 0 fully saturated rings. The molecule has 0 saturated heterocycles. The van der Waals surface area contributed by atoms with E-state index in [0.717, 1.165) is 12.2 Å². The van der Waals surface area contributed by atoms with Gasteiger partial charge in [-0.3, -0.25) is 0 Å². The van der Waals surface area contributed by atoms with Crippen LogP contribution in [0.1, 0.15) is 31.9 Å². The first-order chi connectivity index (χ1) is 5.20. The molecule has 1 N–H and O–H groups in total. The molecular weight excluding hydrogens is 140 g/mol. The smallest absolute Gasteiger partial charge is 0.106 e. The zero-order valence-electron chi connectivity index (χ0n) is 6.95. The van der Waals surface area contributed by atoms with Gasteiger partial charge in [0.25, 0.3) is 0 Å². The molecule has 2 nitrogen and oxygen atoms in total. The van der Waals surface area contributed by atoms with Crippen molar-refractivity contribution in [3.63, 3.8) is 0 Å². The Bertz CT molecular complexity index is 189. The second-order valence-electron chi connectivity index (χ2n) is 3.00. The van der Waals surface area contributed by atoms with Gasteiger partial charge in [-0.2, -0.15) is 0 Å². The summed E-state index contributed by atoms with van der Waals surface area (Å²) in [4.78, 5) is 0. The van der Waals surface area contributed by atoms with Gasteiger partial charge in [0.2, 0.25) is 0 Å². The molecule has 2 unspecified atom stereocenters. The van der Waals surface area contributed by atoms with Crippen molar-refractivity contribution in [2.24, 2.45) is 0 Å². The second-order valence-corrected chi connectivity index (χ2v) is 3.00. The standard InChI is InChI=1S/C9H14O2/c1-7(6-8(2)10)9-4-3-5-11-9/h3-5,7-8,10H,6H2,1-2H3. The van der Waals surface area contributed by atoms with Crippen LogP contribution in [0.3, 0.4) is 0 Å². The maximum atomic E-state index is 9.08. The van der Waals surface area contributed by atoms with Crippen molar-refractivity contribution in [1.82, 2.24) is 0 Å². The average molecular weight is 154 g/mol. The summed E-state index contributed by atoms with van der Waals surface area (Å²) in [6.45, 7) is 3.84. The lowest BCUT2D eigenvalue weighted by Gasteiger charge is -2.09. The first-order valence-electron chi connectivity index (χ1n) is 3.91. The summed E-state index contributed by atoms with van der Waals surface area (Å²) in [6, 6.07) is 3.81. The van der Waals surface area contributed by atoms with Crippen LogP contribution in [0.4, 0.5) is 0 Å². The molecule has 0 aromatic carbocycles. The van der Waals surface area contributed by atoms with E-state index in [0.29, 0.717) is 5.92 Å². The number of aliphatic hydroxyl groups is 1. The molecule has 0 aliphatic carbocycles. The Balaban J connectivity index is 2.49. The lowest BCUT2D eigenvalue weighted by molar-refractivity contribution is 0.172. The van der Waals surface area contributed by atoms with Crippen LogP contribution in [0.2, 0.25) is 0 Å². The van der Waals surface area contributed by atoms with Crippen LogP contribution in [0.25, 0.3) is 0 Å². The van der Waals surface area contributed by atoms with E-state index in [2.05, 4.69) is 0 Å². The molecular formula is C9H14O2. The van der Waals surface area contributed by atoms with Crippen LogP contribution in [0.15, 0.2) is 22.8 Å². The number of aliphatic hydroxyl groups excluding tert-OH is 1. The fraction of sp³-hybridized carbons (Fsp3) is 0.556. The molecule has 1 aromatic heterocycles. The highest BCUT2D eigenvalue weighted by Gasteiger charge is 2.10. The van der Waals surface area contributed by atoms with Crippen molar-refractivity contribution in [3.8, 4) is 0 Å². The monoisotopic (exact) mass is 154 g/mol. The molecule has 2 heteroatoms. The summed E-state index contributed by atoms with van der Waals surface area (Å²) < 4.78 is 5.19. The Labute approximate surface area is 66.8 Å². The highest BCUT2D eigenvalue weighted by molar-refractivity contribution is 5.03. The number of furan rings is 1. The predicted octanol–water partition coefficient (Wildman–Crippen LogP) is 2.15. The van der Waals surface area contributed by atoms with Gasteiger partial charge >= 0.3 is 0 Å². The molecule has 1 heterocycles. The van der Waals surface area contributed by atoms with Gasteiger partial charge in [-0.15, -0.1) is 0 Å². The van der Waals surface area contributed by atoms with Crippen molar-refractivity contribution in [2.75, 3.05) is 0 Å². The first kappa shape index (κ1) is 8.34. The van der Waals surface area contributed by atoms with Gasteiger partial charge in [0.05, 0.1) is 12.4 Å². The van der Waals surface area contributed by atoms with E-state index in [4.69, 9.17) is 9.52 Å². The summed E-state index contributed by atoms with van der Waals surface area (Å²) in [5.41, 5.74) is 0. The summed E-state index contributed by atoms with van der Waals surface area (Å²) in [5, 5.41) is 9.08. The Kier molecular flexibility index (Phi) is 2.71. The van der Waals surface area contributed by atoms with Gasteiger partial charge in [0.15, 0.2) is 0 Å². The minimum atomic E-state index is -0.255. The molecule has 0 aliphatic rings. The minimum Gasteiger partial charge on any atom is -0.469 e. The number of rotatable bonds is 3. The largest absolute Gasteiger partial charge is 0.469 e. The SMILES string of the molecule is CC(O)CC(C)c1ccco1. The molecule has 1 rings (SSSR count). The zero-order valence-corrected chi connectivity index (χ0v) is 6.95. The fourth-order valence-corrected chi connectivity index (χ4v) is 1.20. The molecule has 2 atom stereocenters. The Morgan fingerprint density at radius 3 is 2.73 bits per heavy atom. The van der Waals surface area contributed by atoms with Crippen LogP contribution in [0, 0.1) is 0 Å². The summed E-state index contributed by atoms with van der Waals surface area (Å²) in [6.07, 6.45) is 2.16. The molecule has 11 heavy (non-hydrogen) atoms. The molecule has 0 amide bonds. The van der Waals surface area contributed by atoms with Crippen molar-refractivity contribution in [1.29, 1.82) is 0 Å². The second kappa shape index (κ2) is 3.58. The number of hydrogen-bond acceptors (Lipinski definition) is 2. The highest BCUT2D eigenvalue weighted by Crippen LogP contribution is 2.20. The van der Waals surface area contributed by atoms with Gasteiger partial charge in [0.1, 0.15) is 5.76 Å². The van der Waals surface area contributed by atoms with Crippen molar-refractivity contribution in [2.45, 2.75) is 32.3 Å². The van der Waals surface area contributed by atoms with Gasteiger partial charge in [-0.05, 0) is 25.5 Å². The molecule has 0 spiro atoms. The Morgan fingerprint density at radius 1 is 1.55 bits per heavy atom. The van der Waals surface area contributed by atoms with E-state index in [-0.39, 0.29) is 6.10 Å². The fourth-order valence-electron chi connectivity index (χ4n) is 1.20. The third-order valence-corrected chi connectivity index (χ3v) is 1.72. The molecule has 1 aromatic rings. The van der Waals surface area contributed by atoms with Gasteiger partial charge in [0, 0.05) is 5.92 Å². The van der Waals surface area contributed by atoms with Gasteiger partial charge < -0.3 is 9.52 Å². The lowest BCUT2D eigenvalue weighted by atomic mass is 10.0. The average Bonchev–Trinajstić information content (AvgIpc) is 2.35. The summed E-state index contributed by atoms with van der Waals surface area (Å²) in [5.74, 6) is 1.26. The quantitative estimate of drug-likeness (QED) is 0.723. The van der Waals surface area contributed by atoms with E-state index in [1.54, 1.807) is 13.2 Å². The minimum absolute atomic E-state index is 0.255. The lowest BCUT2D eigenvalue weighted by Crippen LogP contribution is -2.04. The van der Waals surface area contributed by atoms with Crippen molar-refractivity contribution in [3.05, 3.63) is 24.2 Å². The van der Waals surface area contributed by atoms with Crippen LogP contribution in [-0.4, -0.2) is 11.2 Å². The Morgan fingerprint density at radius 2 is 2.27 bits per heavy atom.